The summed E-state index contributed by atoms with van der Waals surface area (Å²) in [6.07, 6.45) is 7.14. The lowest BCUT2D eigenvalue weighted by Gasteiger charge is -2.04. The zero-order chi connectivity index (χ0) is 12.5. The molecule has 0 aliphatic heterocycles. The van der Waals surface area contributed by atoms with E-state index in [1.54, 1.807) is 11.4 Å². The number of anilines is 1. The summed E-state index contributed by atoms with van der Waals surface area (Å²) < 4.78 is 5.17. The van der Waals surface area contributed by atoms with Crippen molar-refractivity contribution in [1.82, 2.24) is 0 Å². The molecule has 0 bridgehead atoms. The number of hydrogen-bond donors (Lipinski definition) is 1. The lowest BCUT2D eigenvalue weighted by molar-refractivity contribution is 0.0504. The summed E-state index contributed by atoms with van der Waals surface area (Å²) in [5, 5.41) is 1.80. The van der Waals surface area contributed by atoms with E-state index in [2.05, 4.69) is 6.92 Å². The van der Waals surface area contributed by atoms with Crippen LogP contribution < -0.4 is 5.73 Å². The Kier molecular flexibility index (Phi) is 6.70. The van der Waals surface area contributed by atoms with Crippen molar-refractivity contribution < 1.29 is 9.53 Å². The van der Waals surface area contributed by atoms with Crippen LogP contribution in [0.25, 0.3) is 0 Å². The molecule has 0 aliphatic carbocycles. The van der Waals surface area contributed by atoms with Crippen LogP contribution >= 0.6 is 11.3 Å². The molecule has 1 heterocycles. The fraction of sp³-hybridized carbons (Fsp3) is 0.615. The van der Waals surface area contributed by atoms with Crippen LogP contribution in [0.3, 0.4) is 0 Å². The predicted octanol–water partition coefficient (Wildman–Crippen LogP) is 3.85. The van der Waals surface area contributed by atoms with E-state index >= 15 is 0 Å². The van der Waals surface area contributed by atoms with Gasteiger partial charge in [-0.2, -0.15) is 0 Å². The van der Waals surface area contributed by atoms with E-state index in [-0.39, 0.29) is 5.97 Å². The van der Waals surface area contributed by atoms with Gasteiger partial charge in [0.25, 0.3) is 0 Å². The second-order valence-corrected chi connectivity index (χ2v) is 5.02. The maximum Gasteiger partial charge on any atom is 0.350 e. The van der Waals surface area contributed by atoms with Gasteiger partial charge in [-0.25, -0.2) is 4.79 Å². The lowest BCUT2D eigenvalue weighted by Crippen LogP contribution is -2.06. The van der Waals surface area contributed by atoms with Crippen LogP contribution in [-0.2, 0) is 4.74 Å². The summed E-state index contributed by atoms with van der Waals surface area (Å²) in [5.41, 5.74) is 6.15. The molecule has 2 N–H and O–H groups in total. The summed E-state index contributed by atoms with van der Waals surface area (Å²) in [7, 11) is 0. The van der Waals surface area contributed by atoms with Gasteiger partial charge in [-0.1, -0.05) is 39.0 Å². The van der Waals surface area contributed by atoms with Crippen LogP contribution in [0.2, 0.25) is 0 Å². The largest absolute Gasteiger partial charge is 0.461 e. The van der Waals surface area contributed by atoms with Crippen LogP contribution in [0.5, 0.6) is 0 Å². The van der Waals surface area contributed by atoms with Gasteiger partial charge in [0.1, 0.15) is 4.88 Å². The molecular weight excluding hydrogens is 234 g/mol. The molecule has 0 atom stereocenters. The molecule has 1 aromatic heterocycles. The van der Waals surface area contributed by atoms with Crippen molar-refractivity contribution in [2.45, 2.75) is 45.4 Å². The Balaban J connectivity index is 2.07. The molecule has 3 nitrogen and oxygen atoms in total. The highest BCUT2D eigenvalue weighted by molar-refractivity contribution is 7.12. The van der Waals surface area contributed by atoms with E-state index in [1.807, 2.05) is 0 Å². The van der Waals surface area contributed by atoms with Gasteiger partial charge < -0.3 is 10.5 Å². The first-order valence-corrected chi connectivity index (χ1v) is 7.13. The Morgan fingerprint density at radius 3 is 2.65 bits per heavy atom. The molecule has 96 valence electrons. The topological polar surface area (TPSA) is 52.3 Å². The van der Waals surface area contributed by atoms with E-state index in [1.165, 1.54) is 37.0 Å². The van der Waals surface area contributed by atoms with E-state index in [4.69, 9.17) is 10.5 Å². The SMILES string of the molecule is CCCCCCCCOC(=O)c1sccc1N. The lowest BCUT2D eigenvalue weighted by atomic mass is 10.1. The van der Waals surface area contributed by atoms with Gasteiger partial charge in [0.05, 0.1) is 12.3 Å². The van der Waals surface area contributed by atoms with Crippen molar-refractivity contribution in [2.24, 2.45) is 0 Å². The fourth-order valence-electron chi connectivity index (χ4n) is 1.60. The smallest absolute Gasteiger partial charge is 0.350 e. The number of rotatable bonds is 8. The number of carbonyl (C=O) groups excluding carboxylic acids is 1. The molecule has 0 saturated carbocycles. The van der Waals surface area contributed by atoms with E-state index in [9.17, 15) is 4.79 Å². The minimum atomic E-state index is -0.286. The molecule has 0 fully saturated rings. The monoisotopic (exact) mass is 255 g/mol. The quantitative estimate of drug-likeness (QED) is 0.567. The Morgan fingerprint density at radius 1 is 1.29 bits per heavy atom. The van der Waals surface area contributed by atoms with Gasteiger partial charge in [0.15, 0.2) is 0 Å². The van der Waals surface area contributed by atoms with Crippen molar-refractivity contribution in [3.8, 4) is 0 Å². The minimum Gasteiger partial charge on any atom is -0.461 e. The van der Waals surface area contributed by atoms with E-state index in [0.29, 0.717) is 17.2 Å². The highest BCUT2D eigenvalue weighted by atomic mass is 32.1. The van der Waals surface area contributed by atoms with Crippen LogP contribution in [0.1, 0.15) is 55.1 Å². The first-order chi connectivity index (χ1) is 8.25. The molecule has 0 unspecified atom stereocenters. The summed E-state index contributed by atoms with van der Waals surface area (Å²) >= 11 is 1.33. The molecule has 0 radical (unpaired) electrons. The normalized spacial score (nSPS) is 10.4. The van der Waals surface area contributed by atoms with Crippen molar-refractivity contribution in [3.63, 3.8) is 0 Å². The van der Waals surface area contributed by atoms with Crippen molar-refractivity contribution in [2.75, 3.05) is 12.3 Å². The van der Waals surface area contributed by atoms with Gasteiger partial charge in [0, 0.05) is 0 Å². The third-order valence-corrected chi connectivity index (χ3v) is 3.52. The van der Waals surface area contributed by atoms with Crippen molar-refractivity contribution >= 4 is 23.0 Å². The Labute approximate surface area is 107 Å². The third kappa shape index (κ3) is 5.22. The van der Waals surface area contributed by atoms with Crippen molar-refractivity contribution in [1.29, 1.82) is 0 Å². The average Bonchev–Trinajstić information content (AvgIpc) is 2.74. The number of ether oxygens (including phenoxy) is 1. The van der Waals surface area contributed by atoms with Gasteiger partial charge >= 0.3 is 5.97 Å². The highest BCUT2D eigenvalue weighted by Crippen LogP contribution is 2.19. The van der Waals surface area contributed by atoms with Gasteiger partial charge in [0.2, 0.25) is 0 Å². The molecule has 0 spiro atoms. The Morgan fingerprint density at radius 2 is 2.00 bits per heavy atom. The standard InChI is InChI=1S/C13H21NO2S/c1-2-3-4-5-6-7-9-16-13(15)12-11(14)8-10-17-12/h8,10H,2-7,9,14H2,1H3. The Bertz CT molecular complexity index is 336. The summed E-state index contributed by atoms with van der Waals surface area (Å²) in [5.74, 6) is -0.286. The minimum absolute atomic E-state index is 0.286. The van der Waals surface area contributed by atoms with Crippen LogP contribution in [-0.4, -0.2) is 12.6 Å². The van der Waals surface area contributed by atoms with Gasteiger partial charge in [-0.3, -0.25) is 0 Å². The first-order valence-electron chi connectivity index (χ1n) is 6.25. The average molecular weight is 255 g/mol. The second kappa shape index (κ2) is 8.12. The maximum atomic E-state index is 11.6. The number of carbonyl (C=O) groups is 1. The molecule has 0 aromatic carbocycles. The molecule has 1 aromatic rings. The Hall–Kier alpha value is -1.03. The van der Waals surface area contributed by atoms with Crippen LogP contribution in [0.4, 0.5) is 5.69 Å². The van der Waals surface area contributed by atoms with Crippen LogP contribution in [0, 0.1) is 0 Å². The van der Waals surface area contributed by atoms with Gasteiger partial charge in [-0.05, 0) is 17.9 Å². The first kappa shape index (κ1) is 14.0. The molecule has 0 saturated heterocycles. The molecule has 1 rings (SSSR count). The van der Waals surface area contributed by atoms with Gasteiger partial charge in [-0.15, -0.1) is 11.3 Å². The third-order valence-electron chi connectivity index (χ3n) is 2.61. The molecule has 17 heavy (non-hydrogen) atoms. The number of nitrogen functional groups attached to an aromatic ring is 1. The maximum absolute atomic E-state index is 11.6. The molecular formula is C13H21NO2S. The summed E-state index contributed by atoms with van der Waals surface area (Å²) in [6, 6.07) is 1.73. The van der Waals surface area contributed by atoms with E-state index < -0.39 is 0 Å². The highest BCUT2D eigenvalue weighted by Gasteiger charge is 2.11. The fourth-order valence-corrected chi connectivity index (χ4v) is 2.31. The number of thiophene rings is 1. The molecule has 0 amide bonds. The molecule has 4 heteroatoms. The number of unbranched alkanes of at least 4 members (excludes halogenated alkanes) is 5. The number of esters is 1. The zero-order valence-corrected chi connectivity index (χ0v) is 11.2. The predicted molar refractivity (Wildman–Crippen MR) is 72.4 cm³/mol. The summed E-state index contributed by atoms with van der Waals surface area (Å²) in [6.45, 7) is 2.70. The van der Waals surface area contributed by atoms with Crippen molar-refractivity contribution in [3.05, 3.63) is 16.3 Å². The summed E-state index contributed by atoms with van der Waals surface area (Å²) in [4.78, 5) is 12.1. The molecule has 0 aliphatic rings. The number of nitrogens with two attached hydrogens (primary N) is 1. The number of hydrogen-bond acceptors (Lipinski definition) is 4. The van der Waals surface area contributed by atoms with Crippen LogP contribution in [0.15, 0.2) is 11.4 Å². The zero-order valence-electron chi connectivity index (χ0n) is 10.4. The van der Waals surface area contributed by atoms with E-state index in [0.717, 1.165) is 12.8 Å². The second-order valence-electron chi connectivity index (χ2n) is 4.11.